The molecule has 0 fully saturated rings. The van der Waals surface area contributed by atoms with Crippen molar-refractivity contribution in [3.05, 3.63) is 46.4 Å². The molecule has 3 nitrogen and oxygen atoms in total. The number of H-pyrrole nitrogens is 2. The van der Waals surface area contributed by atoms with E-state index in [0.717, 1.165) is 22.8 Å². The van der Waals surface area contributed by atoms with Gasteiger partial charge in [-0.25, -0.2) is 0 Å². The number of aromatic nitrogens is 2. The van der Waals surface area contributed by atoms with Gasteiger partial charge in [0.05, 0.1) is 0 Å². The van der Waals surface area contributed by atoms with Crippen LogP contribution in [-0.2, 0) is 6.42 Å². The number of hydrogen-bond acceptors (Lipinski definition) is 1. The molecule has 16 heavy (non-hydrogen) atoms. The van der Waals surface area contributed by atoms with Crippen molar-refractivity contribution in [2.75, 3.05) is 0 Å². The fourth-order valence-electron chi connectivity index (χ4n) is 1.62. The van der Waals surface area contributed by atoms with Crippen molar-refractivity contribution >= 4 is 18.4 Å². The van der Waals surface area contributed by atoms with Crippen LogP contribution in [-0.4, -0.2) is 16.2 Å². The first-order valence-corrected chi connectivity index (χ1v) is 5.37. The largest absolute Gasteiger partial charge is 0.359 e. The van der Waals surface area contributed by atoms with Crippen LogP contribution in [0.5, 0.6) is 0 Å². The Morgan fingerprint density at radius 1 is 1.12 bits per heavy atom. The Balaban J connectivity index is 2.35. The van der Waals surface area contributed by atoms with Gasteiger partial charge in [0.15, 0.2) is 0 Å². The number of hydrogen-bond donors (Lipinski definition) is 3. The van der Waals surface area contributed by atoms with E-state index in [9.17, 15) is 0 Å². The highest BCUT2D eigenvalue weighted by molar-refractivity contribution is 5.87. The Bertz CT molecular complexity index is 587. The van der Waals surface area contributed by atoms with Gasteiger partial charge in [0, 0.05) is 28.3 Å². The Morgan fingerprint density at radius 2 is 1.94 bits per heavy atom. The predicted octanol–water partition coefficient (Wildman–Crippen LogP) is 1.16. The van der Waals surface area contributed by atoms with Crippen LogP contribution in [0.1, 0.15) is 18.3 Å². The highest BCUT2D eigenvalue weighted by Gasteiger charge is 1.92. The van der Waals surface area contributed by atoms with E-state index in [1.165, 1.54) is 11.9 Å². The van der Waals surface area contributed by atoms with Crippen molar-refractivity contribution in [1.82, 2.24) is 9.97 Å². The topological polar surface area (TPSA) is 55.4 Å². The molecule has 0 saturated carbocycles. The van der Waals surface area contributed by atoms with Gasteiger partial charge in [-0.05, 0) is 42.8 Å². The summed E-state index contributed by atoms with van der Waals surface area (Å²) in [4.78, 5) is 6.53. The van der Waals surface area contributed by atoms with Crippen molar-refractivity contribution < 1.29 is 0 Å². The third-order valence-corrected chi connectivity index (χ3v) is 2.45. The summed E-state index contributed by atoms with van der Waals surface area (Å²) >= 11 is 0. The number of rotatable bonds is 3. The monoisotopic (exact) mass is 213 g/mol. The van der Waals surface area contributed by atoms with Gasteiger partial charge in [-0.1, -0.05) is 6.92 Å². The second-order valence-corrected chi connectivity index (χ2v) is 3.64. The summed E-state index contributed by atoms with van der Waals surface area (Å²) in [5.74, 6) is 0. The summed E-state index contributed by atoms with van der Waals surface area (Å²) in [6.45, 7) is 2.13. The average Bonchev–Trinajstić information content (AvgIpc) is 2.89. The molecule has 3 N–H and O–H groups in total. The molecule has 2 rings (SSSR count). The van der Waals surface area contributed by atoms with Crippen molar-refractivity contribution in [3.8, 4) is 0 Å². The van der Waals surface area contributed by atoms with E-state index in [0.29, 0.717) is 0 Å². The van der Waals surface area contributed by atoms with E-state index in [1.807, 2.05) is 12.1 Å². The summed E-state index contributed by atoms with van der Waals surface area (Å²) in [7, 11) is 0. The van der Waals surface area contributed by atoms with Crippen LogP contribution < -0.4 is 10.7 Å². The van der Waals surface area contributed by atoms with Crippen LogP contribution in [0.4, 0.5) is 0 Å². The Hall–Kier alpha value is -2.03. The zero-order valence-corrected chi connectivity index (χ0v) is 9.25. The quantitative estimate of drug-likeness (QED) is 0.641. The maximum Gasteiger partial charge on any atom is 0.0405 e. The normalized spacial score (nSPS) is 13.3. The van der Waals surface area contributed by atoms with Gasteiger partial charge >= 0.3 is 0 Å². The second kappa shape index (κ2) is 4.66. The molecule has 0 saturated heterocycles. The Labute approximate surface area is 94.0 Å². The van der Waals surface area contributed by atoms with Crippen molar-refractivity contribution in [2.45, 2.75) is 13.3 Å². The molecular weight excluding hydrogens is 198 g/mol. The molecule has 0 atom stereocenters. The molecule has 0 amide bonds. The van der Waals surface area contributed by atoms with E-state index >= 15 is 0 Å². The predicted molar refractivity (Wildman–Crippen MR) is 67.0 cm³/mol. The van der Waals surface area contributed by atoms with E-state index < -0.39 is 0 Å². The molecule has 0 aliphatic rings. The minimum absolute atomic E-state index is 0.948. The molecule has 2 aromatic heterocycles. The molecule has 2 heterocycles. The first-order chi connectivity index (χ1) is 7.81. The highest BCUT2D eigenvalue weighted by atomic mass is 14.7. The maximum atomic E-state index is 6.98. The van der Waals surface area contributed by atoms with Gasteiger partial charge in [0.1, 0.15) is 0 Å². The Kier molecular flexibility index (Phi) is 3.05. The molecule has 0 aliphatic carbocycles. The van der Waals surface area contributed by atoms with Crippen molar-refractivity contribution in [2.24, 2.45) is 0 Å². The summed E-state index contributed by atoms with van der Waals surface area (Å²) in [5.41, 5.74) is 2.34. The maximum absolute atomic E-state index is 6.98. The van der Waals surface area contributed by atoms with Crippen LogP contribution in [0.15, 0.2) is 24.3 Å². The van der Waals surface area contributed by atoms with Gasteiger partial charge < -0.3 is 15.4 Å². The average molecular weight is 213 g/mol. The van der Waals surface area contributed by atoms with Crippen LogP contribution in [0.3, 0.4) is 0 Å². The summed E-state index contributed by atoms with van der Waals surface area (Å²) in [6.07, 6.45) is 6.08. The van der Waals surface area contributed by atoms with Gasteiger partial charge in [-0.3, -0.25) is 0 Å². The molecule has 0 spiro atoms. The second-order valence-electron chi connectivity index (χ2n) is 3.64. The van der Waals surface area contributed by atoms with E-state index in [2.05, 4.69) is 35.1 Å². The molecule has 0 unspecified atom stereocenters. The minimum Gasteiger partial charge on any atom is -0.359 e. The first kappa shape index (κ1) is 10.5. The molecule has 0 radical (unpaired) electrons. The fraction of sp³-hybridized carbons (Fsp3) is 0.154. The molecular formula is C13H15N3. The molecule has 2 aromatic rings. The van der Waals surface area contributed by atoms with Crippen molar-refractivity contribution in [1.29, 1.82) is 5.41 Å². The number of aromatic amines is 2. The third-order valence-electron chi connectivity index (χ3n) is 2.45. The lowest BCUT2D eigenvalue weighted by Crippen LogP contribution is -2.09. The van der Waals surface area contributed by atoms with E-state index in [-0.39, 0.29) is 0 Å². The van der Waals surface area contributed by atoms with E-state index in [1.54, 1.807) is 6.08 Å². The van der Waals surface area contributed by atoms with Gasteiger partial charge in [-0.2, -0.15) is 0 Å². The first-order valence-electron chi connectivity index (χ1n) is 5.37. The smallest absolute Gasteiger partial charge is 0.0405 e. The standard InChI is InChI=1S/C13H15N3/c1-2-10-3-5-12(15-10)9-13-6-4-11(16-13)7-8-14/h3-9,14-16H,2H2,1H3. The lowest BCUT2D eigenvalue weighted by molar-refractivity contribution is 1.06. The Morgan fingerprint density at radius 3 is 2.62 bits per heavy atom. The summed E-state index contributed by atoms with van der Waals surface area (Å²) in [6, 6.07) is 8.13. The molecule has 3 heteroatoms. The van der Waals surface area contributed by atoms with E-state index in [4.69, 9.17) is 5.41 Å². The fourth-order valence-corrected chi connectivity index (χ4v) is 1.62. The van der Waals surface area contributed by atoms with Gasteiger partial charge in [0.25, 0.3) is 0 Å². The molecule has 0 aromatic carbocycles. The van der Waals surface area contributed by atoms with Gasteiger partial charge in [0.2, 0.25) is 0 Å². The summed E-state index contributed by atoms with van der Waals surface area (Å²) in [5, 5.41) is 8.97. The lowest BCUT2D eigenvalue weighted by atomic mass is 10.3. The molecule has 0 bridgehead atoms. The highest BCUT2D eigenvalue weighted by Crippen LogP contribution is 2.02. The number of nitrogens with one attached hydrogen (secondary N) is 3. The minimum atomic E-state index is 0.948. The molecule has 0 aliphatic heterocycles. The SMILES string of the molecule is CCc1ccc(C=c2ccc(=CC=N)[nH]2)[nH]1. The van der Waals surface area contributed by atoms with Crippen molar-refractivity contribution in [3.63, 3.8) is 0 Å². The molecule has 82 valence electrons. The lowest BCUT2D eigenvalue weighted by Gasteiger charge is -1.87. The zero-order chi connectivity index (χ0) is 11.4. The van der Waals surface area contributed by atoms with Crippen LogP contribution in [0.2, 0.25) is 0 Å². The zero-order valence-electron chi connectivity index (χ0n) is 9.25. The van der Waals surface area contributed by atoms with Gasteiger partial charge in [-0.15, -0.1) is 0 Å². The third kappa shape index (κ3) is 2.31. The van der Waals surface area contributed by atoms with Crippen LogP contribution in [0, 0.1) is 5.41 Å². The van der Waals surface area contributed by atoms with Crippen LogP contribution >= 0.6 is 0 Å². The number of aryl methyl sites for hydroxylation is 1. The van der Waals surface area contributed by atoms with Crippen LogP contribution in [0.25, 0.3) is 12.2 Å². The summed E-state index contributed by atoms with van der Waals surface area (Å²) < 4.78 is 0.